The van der Waals surface area contributed by atoms with Gasteiger partial charge in [-0.05, 0) is 31.0 Å². The van der Waals surface area contributed by atoms with Crippen LogP contribution in [-0.4, -0.2) is 38.5 Å². The van der Waals surface area contributed by atoms with Crippen molar-refractivity contribution in [3.8, 4) is 0 Å². The highest BCUT2D eigenvalue weighted by Gasteiger charge is 2.29. The molecule has 0 bridgehead atoms. The number of nitrogen functional groups attached to an aromatic ring is 1. The zero-order valence-corrected chi connectivity index (χ0v) is 13.0. The SMILES string of the molecule is CCN(CC1CCCO1)S(=O)(=O)c1cc(N)ccc1Cl. The molecule has 1 aliphatic rings. The van der Waals surface area contributed by atoms with Crippen LogP contribution in [0, 0.1) is 0 Å². The first-order chi connectivity index (χ1) is 9.45. The number of sulfonamides is 1. The topological polar surface area (TPSA) is 72.6 Å². The van der Waals surface area contributed by atoms with Crippen LogP contribution in [0.25, 0.3) is 0 Å². The lowest BCUT2D eigenvalue weighted by Gasteiger charge is -2.24. The van der Waals surface area contributed by atoms with Gasteiger partial charge >= 0.3 is 0 Å². The molecule has 2 N–H and O–H groups in total. The van der Waals surface area contributed by atoms with Crippen molar-refractivity contribution >= 4 is 27.3 Å². The summed E-state index contributed by atoms with van der Waals surface area (Å²) in [4.78, 5) is 0.0546. The van der Waals surface area contributed by atoms with Gasteiger partial charge in [0.2, 0.25) is 10.0 Å². The van der Waals surface area contributed by atoms with Crippen LogP contribution in [0.5, 0.6) is 0 Å². The van der Waals surface area contributed by atoms with Crippen molar-refractivity contribution in [3.05, 3.63) is 23.2 Å². The van der Waals surface area contributed by atoms with Crippen LogP contribution in [0.2, 0.25) is 5.02 Å². The summed E-state index contributed by atoms with van der Waals surface area (Å²) < 4.78 is 32.2. The third-order valence-corrected chi connectivity index (χ3v) is 5.78. The van der Waals surface area contributed by atoms with Gasteiger partial charge in [0.25, 0.3) is 0 Å². The summed E-state index contributed by atoms with van der Waals surface area (Å²) in [5, 5.41) is 0.185. The number of hydrogen-bond acceptors (Lipinski definition) is 4. The van der Waals surface area contributed by atoms with Gasteiger partial charge in [-0.15, -0.1) is 0 Å². The lowest BCUT2D eigenvalue weighted by molar-refractivity contribution is 0.0947. The van der Waals surface area contributed by atoms with E-state index in [1.54, 1.807) is 13.0 Å². The van der Waals surface area contributed by atoms with Crippen LogP contribution >= 0.6 is 11.6 Å². The van der Waals surface area contributed by atoms with E-state index in [1.807, 2.05) is 0 Å². The molecule has 2 rings (SSSR count). The van der Waals surface area contributed by atoms with Crippen LogP contribution in [0.1, 0.15) is 19.8 Å². The van der Waals surface area contributed by atoms with E-state index in [0.717, 1.165) is 12.8 Å². The Bertz CT molecular complexity index is 571. The Morgan fingerprint density at radius 1 is 1.50 bits per heavy atom. The molecule has 1 aliphatic heterocycles. The third-order valence-electron chi connectivity index (χ3n) is 3.36. The number of halogens is 1. The summed E-state index contributed by atoms with van der Waals surface area (Å²) in [5.41, 5.74) is 6.04. The van der Waals surface area contributed by atoms with E-state index in [-0.39, 0.29) is 16.0 Å². The zero-order valence-electron chi connectivity index (χ0n) is 11.4. The van der Waals surface area contributed by atoms with Crippen molar-refractivity contribution in [1.29, 1.82) is 0 Å². The van der Waals surface area contributed by atoms with E-state index in [4.69, 9.17) is 22.1 Å². The molecule has 0 radical (unpaired) electrons. The van der Waals surface area contributed by atoms with Crippen LogP contribution in [0.3, 0.4) is 0 Å². The minimum atomic E-state index is -3.65. The van der Waals surface area contributed by atoms with Crippen LogP contribution < -0.4 is 5.73 Å². The molecule has 1 aromatic carbocycles. The summed E-state index contributed by atoms with van der Waals surface area (Å²) >= 11 is 6.01. The molecule has 0 aromatic heterocycles. The van der Waals surface area contributed by atoms with E-state index in [2.05, 4.69) is 0 Å². The number of likely N-dealkylation sites (N-methyl/N-ethyl adjacent to an activating group) is 1. The second kappa shape index (κ2) is 6.30. The quantitative estimate of drug-likeness (QED) is 0.844. The second-order valence-corrected chi connectivity index (χ2v) is 7.09. The summed E-state index contributed by atoms with van der Waals surface area (Å²) in [6.45, 7) is 3.21. The maximum Gasteiger partial charge on any atom is 0.244 e. The van der Waals surface area contributed by atoms with Crippen molar-refractivity contribution in [2.24, 2.45) is 0 Å². The Kier molecular flexibility index (Phi) is 4.90. The molecule has 20 heavy (non-hydrogen) atoms. The summed E-state index contributed by atoms with van der Waals surface area (Å²) in [6.07, 6.45) is 1.82. The highest BCUT2D eigenvalue weighted by molar-refractivity contribution is 7.89. The van der Waals surface area contributed by atoms with Crippen LogP contribution in [0.4, 0.5) is 5.69 Å². The molecule has 1 atom stereocenters. The molecule has 1 unspecified atom stereocenters. The zero-order chi connectivity index (χ0) is 14.8. The predicted octanol–water partition coefficient (Wildman–Crippen LogP) is 2.11. The fraction of sp³-hybridized carbons (Fsp3) is 0.538. The van der Waals surface area contributed by atoms with Gasteiger partial charge in [-0.3, -0.25) is 0 Å². The molecule has 1 heterocycles. The van der Waals surface area contributed by atoms with Crippen molar-refractivity contribution < 1.29 is 13.2 Å². The minimum Gasteiger partial charge on any atom is -0.399 e. The lowest BCUT2D eigenvalue weighted by atomic mass is 10.2. The molecule has 0 saturated carbocycles. The summed E-state index contributed by atoms with van der Waals surface area (Å²) in [6, 6.07) is 4.48. The van der Waals surface area contributed by atoms with Crippen molar-refractivity contribution in [2.45, 2.75) is 30.8 Å². The molecule has 0 amide bonds. The maximum atomic E-state index is 12.7. The van der Waals surface area contributed by atoms with Gasteiger partial charge in [0.15, 0.2) is 0 Å². The minimum absolute atomic E-state index is 0.0374. The molecule has 1 fully saturated rings. The molecule has 7 heteroatoms. The van der Waals surface area contributed by atoms with Gasteiger partial charge in [-0.1, -0.05) is 18.5 Å². The van der Waals surface area contributed by atoms with Gasteiger partial charge < -0.3 is 10.5 Å². The Morgan fingerprint density at radius 2 is 2.25 bits per heavy atom. The van der Waals surface area contributed by atoms with Gasteiger partial charge in [0.05, 0.1) is 11.1 Å². The Hall–Kier alpha value is -0.820. The monoisotopic (exact) mass is 318 g/mol. The summed E-state index contributed by atoms with van der Waals surface area (Å²) in [5.74, 6) is 0. The van der Waals surface area contributed by atoms with Crippen molar-refractivity contribution in [2.75, 3.05) is 25.4 Å². The fourth-order valence-corrected chi connectivity index (χ4v) is 4.26. The highest BCUT2D eigenvalue weighted by Crippen LogP contribution is 2.27. The largest absolute Gasteiger partial charge is 0.399 e. The van der Waals surface area contributed by atoms with Crippen LogP contribution in [-0.2, 0) is 14.8 Å². The lowest BCUT2D eigenvalue weighted by Crippen LogP contribution is -2.37. The average Bonchev–Trinajstić information content (AvgIpc) is 2.91. The highest BCUT2D eigenvalue weighted by atomic mass is 35.5. The first-order valence-electron chi connectivity index (χ1n) is 6.62. The first kappa shape index (κ1) is 15.6. The number of anilines is 1. The van der Waals surface area contributed by atoms with Crippen molar-refractivity contribution in [1.82, 2.24) is 4.31 Å². The number of rotatable bonds is 5. The average molecular weight is 319 g/mol. The Labute approximate surface area is 124 Å². The van der Waals surface area contributed by atoms with E-state index in [1.165, 1.54) is 16.4 Å². The molecule has 0 spiro atoms. The van der Waals surface area contributed by atoms with E-state index >= 15 is 0 Å². The Morgan fingerprint density at radius 3 is 2.85 bits per heavy atom. The van der Waals surface area contributed by atoms with Gasteiger partial charge in [0.1, 0.15) is 4.90 Å². The second-order valence-electron chi connectivity index (χ2n) is 4.78. The van der Waals surface area contributed by atoms with E-state index in [0.29, 0.717) is 25.4 Å². The molecule has 0 aliphatic carbocycles. The molecule has 5 nitrogen and oxygen atoms in total. The number of benzene rings is 1. The number of nitrogens with two attached hydrogens (primary N) is 1. The molecule has 1 saturated heterocycles. The van der Waals surface area contributed by atoms with Gasteiger partial charge in [0, 0.05) is 25.4 Å². The Balaban J connectivity index is 2.28. The predicted molar refractivity (Wildman–Crippen MR) is 79.3 cm³/mol. The normalized spacial score (nSPS) is 19.6. The van der Waals surface area contributed by atoms with E-state index in [9.17, 15) is 8.42 Å². The number of hydrogen-bond donors (Lipinski definition) is 1. The standard InChI is InChI=1S/C13H19ClN2O3S/c1-2-16(9-11-4-3-7-19-11)20(17,18)13-8-10(15)5-6-12(13)14/h5-6,8,11H,2-4,7,9,15H2,1H3. The number of ether oxygens (including phenoxy) is 1. The fourth-order valence-electron chi connectivity index (χ4n) is 2.27. The molecular formula is C13H19ClN2O3S. The summed E-state index contributed by atoms with van der Waals surface area (Å²) in [7, 11) is -3.65. The first-order valence-corrected chi connectivity index (χ1v) is 8.43. The maximum absolute atomic E-state index is 12.7. The molecule has 112 valence electrons. The molecular weight excluding hydrogens is 300 g/mol. The third kappa shape index (κ3) is 3.25. The van der Waals surface area contributed by atoms with Crippen LogP contribution in [0.15, 0.2) is 23.1 Å². The van der Waals surface area contributed by atoms with Crippen molar-refractivity contribution in [3.63, 3.8) is 0 Å². The molecule has 1 aromatic rings. The number of nitrogens with zero attached hydrogens (tertiary/aromatic N) is 1. The smallest absolute Gasteiger partial charge is 0.244 e. The van der Waals surface area contributed by atoms with Gasteiger partial charge in [-0.2, -0.15) is 4.31 Å². The van der Waals surface area contributed by atoms with Gasteiger partial charge in [-0.25, -0.2) is 8.42 Å². The van der Waals surface area contributed by atoms with E-state index < -0.39 is 10.0 Å².